The van der Waals surface area contributed by atoms with E-state index in [1.165, 1.54) is 25.3 Å². The van der Waals surface area contributed by atoms with Gasteiger partial charge < -0.3 is 10.2 Å². The Balaban J connectivity index is 0.00000289. The van der Waals surface area contributed by atoms with Crippen molar-refractivity contribution in [2.45, 2.75) is 45.4 Å². The van der Waals surface area contributed by atoms with Crippen molar-refractivity contribution in [1.82, 2.24) is 0 Å². The van der Waals surface area contributed by atoms with Gasteiger partial charge in [0.05, 0.1) is 5.56 Å². The van der Waals surface area contributed by atoms with Crippen molar-refractivity contribution in [3.63, 3.8) is 0 Å². The molecule has 0 saturated carbocycles. The first kappa shape index (κ1) is 17.5. The summed E-state index contributed by atoms with van der Waals surface area (Å²) in [6.45, 7) is 2.16. The Kier molecular flexibility index (Phi) is 9.16. The summed E-state index contributed by atoms with van der Waals surface area (Å²) in [5.74, 6) is -1.46. The molecule has 1 aromatic rings. The van der Waals surface area contributed by atoms with Crippen LogP contribution < -0.4 is 34.7 Å². The maximum Gasteiger partial charge on any atom is 1.00 e. The van der Waals surface area contributed by atoms with Crippen molar-refractivity contribution in [3.8, 4) is 5.75 Å². The van der Waals surface area contributed by atoms with E-state index in [4.69, 9.17) is 5.11 Å². The van der Waals surface area contributed by atoms with E-state index in [0.717, 1.165) is 12.8 Å². The van der Waals surface area contributed by atoms with Gasteiger partial charge in [-0.3, -0.25) is 0 Å². The SMILES string of the molecule is CCCCCCCc1cccc(C(=O)O)c1[O-].[Na+]. The zero-order valence-electron chi connectivity index (χ0n) is 11.2. The second-order valence-corrected chi connectivity index (χ2v) is 4.26. The second kappa shape index (κ2) is 9.42. The fraction of sp³-hybridized carbons (Fsp3) is 0.500. The topological polar surface area (TPSA) is 60.4 Å². The Morgan fingerprint density at radius 2 is 1.89 bits per heavy atom. The van der Waals surface area contributed by atoms with E-state index in [0.29, 0.717) is 12.0 Å². The van der Waals surface area contributed by atoms with Crippen molar-refractivity contribution in [2.24, 2.45) is 0 Å². The molecule has 1 rings (SSSR count). The van der Waals surface area contributed by atoms with Crippen LogP contribution >= 0.6 is 0 Å². The van der Waals surface area contributed by atoms with E-state index in [1.807, 2.05) is 0 Å². The molecule has 18 heavy (non-hydrogen) atoms. The van der Waals surface area contributed by atoms with Crippen LogP contribution in [0.2, 0.25) is 0 Å². The first-order chi connectivity index (χ1) is 8.16. The summed E-state index contributed by atoms with van der Waals surface area (Å²) in [7, 11) is 0. The summed E-state index contributed by atoms with van der Waals surface area (Å²) >= 11 is 0. The van der Waals surface area contributed by atoms with E-state index in [9.17, 15) is 9.90 Å². The molecular weight excluding hydrogens is 239 g/mol. The van der Waals surface area contributed by atoms with Gasteiger partial charge in [0.1, 0.15) is 0 Å². The molecule has 1 aromatic carbocycles. The summed E-state index contributed by atoms with van der Waals surface area (Å²) in [5, 5.41) is 20.6. The predicted octanol–water partition coefficient (Wildman–Crippen LogP) is -0.0247. The monoisotopic (exact) mass is 258 g/mol. The second-order valence-electron chi connectivity index (χ2n) is 4.26. The number of aromatic carboxylic acids is 1. The third kappa shape index (κ3) is 5.42. The van der Waals surface area contributed by atoms with Gasteiger partial charge in [-0.05, 0) is 18.9 Å². The Labute approximate surface area is 131 Å². The summed E-state index contributed by atoms with van der Waals surface area (Å²) in [5.41, 5.74) is 0.512. The van der Waals surface area contributed by atoms with Crippen molar-refractivity contribution in [3.05, 3.63) is 29.3 Å². The Morgan fingerprint density at radius 1 is 1.22 bits per heavy atom. The number of carboxylic acids is 1. The van der Waals surface area contributed by atoms with E-state index in [-0.39, 0.29) is 40.9 Å². The molecule has 0 aliphatic heterocycles. The van der Waals surface area contributed by atoms with Gasteiger partial charge in [-0.25, -0.2) is 4.79 Å². The summed E-state index contributed by atoms with van der Waals surface area (Å²) in [4.78, 5) is 10.8. The van der Waals surface area contributed by atoms with Crippen LogP contribution in [0, 0.1) is 0 Å². The maximum atomic E-state index is 11.7. The normalized spacial score (nSPS) is 9.83. The van der Waals surface area contributed by atoms with Gasteiger partial charge in [0.2, 0.25) is 0 Å². The Bertz CT molecular complexity index is 377. The van der Waals surface area contributed by atoms with E-state index in [1.54, 1.807) is 12.1 Å². The fourth-order valence-electron chi connectivity index (χ4n) is 1.87. The standard InChI is InChI=1S/C14H20O3.Na/c1-2-3-4-5-6-8-11-9-7-10-12(13(11)15)14(16)17;/h7,9-10,15H,2-6,8H2,1H3,(H,16,17);/q;+1/p-1. The molecule has 4 heteroatoms. The van der Waals surface area contributed by atoms with Crippen LogP contribution in [0.25, 0.3) is 0 Å². The van der Waals surface area contributed by atoms with Crippen LogP contribution in [0.5, 0.6) is 5.75 Å². The molecule has 0 fully saturated rings. The molecule has 1 N–H and O–H groups in total. The quantitative estimate of drug-likeness (QED) is 0.552. The first-order valence-corrected chi connectivity index (χ1v) is 6.19. The van der Waals surface area contributed by atoms with Gasteiger partial charge in [-0.1, -0.05) is 56.1 Å². The predicted molar refractivity (Wildman–Crippen MR) is 65.3 cm³/mol. The van der Waals surface area contributed by atoms with Crippen LogP contribution in [-0.4, -0.2) is 11.1 Å². The average molecular weight is 258 g/mol. The summed E-state index contributed by atoms with van der Waals surface area (Å²) in [6, 6.07) is 4.74. The number of unbranched alkanes of at least 4 members (excludes halogenated alkanes) is 4. The van der Waals surface area contributed by atoms with Crippen LogP contribution in [0.4, 0.5) is 0 Å². The molecule has 3 nitrogen and oxygen atoms in total. The van der Waals surface area contributed by atoms with Gasteiger partial charge in [0.25, 0.3) is 0 Å². The Hall–Kier alpha value is -0.510. The van der Waals surface area contributed by atoms with Gasteiger partial charge >= 0.3 is 35.5 Å². The molecule has 0 amide bonds. The molecular formula is C14H19NaO3. The van der Waals surface area contributed by atoms with Crippen LogP contribution in [0.3, 0.4) is 0 Å². The molecule has 0 aliphatic rings. The van der Waals surface area contributed by atoms with Crippen LogP contribution in [0.1, 0.15) is 54.9 Å². The third-order valence-electron chi connectivity index (χ3n) is 2.88. The number of para-hydroxylation sites is 1. The van der Waals surface area contributed by atoms with Crippen LogP contribution in [0.15, 0.2) is 18.2 Å². The van der Waals surface area contributed by atoms with Crippen molar-refractivity contribution in [1.29, 1.82) is 0 Å². The smallest absolute Gasteiger partial charge is 0.872 e. The molecule has 0 bridgehead atoms. The zero-order valence-corrected chi connectivity index (χ0v) is 13.2. The van der Waals surface area contributed by atoms with E-state index in [2.05, 4.69) is 6.92 Å². The number of benzene rings is 1. The molecule has 94 valence electrons. The molecule has 0 spiro atoms. The van der Waals surface area contributed by atoms with E-state index >= 15 is 0 Å². The number of carbonyl (C=O) groups is 1. The fourth-order valence-corrected chi connectivity index (χ4v) is 1.87. The molecule has 0 aromatic heterocycles. The number of carboxylic acid groups (broad SMARTS) is 1. The van der Waals surface area contributed by atoms with Crippen LogP contribution in [-0.2, 0) is 6.42 Å². The molecule has 0 unspecified atom stereocenters. The molecule has 0 saturated heterocycles. The zero-order chi connectivity index (χ0) is 12.7. The van der Waals surface area contributed by atoms with Gasteiger partial charge in [-0.15, -0.1) is 0 Å². The maximum absolute atomic E-state index is 11.7. The van der Waals surface area contributed by atoms with E-state index < -0.39 is 5.97 Å². The largest absolute Gasteiger partial charge is 1.00 e. The summed E-state index contributed by atoms with van der Waals surface area (Å²) in [6.07, 6.45) is 6.34. The average Bonchev–Trinajstić information content (AvgIpc) is 2.30. The number of hydrogen-bond donors (Lipinski definition) is 1. The van der Waals surface area contributed by atoms with Gasteiger partial charge in [0.15, 0.2) is 0 Å². The molecule has 0 heterocycles. The third-order valence-corrected chi connectivity index (χ3v) is 2.88. The minimum Gasteiger partial charge on any atom is -0.872 e. The van der Waals surface area contributed by atoms with Gasteiger partial charge in [-0.2, -0.15) is 0 Å². The minimum absolute atomic E-state index is 0. The number of aryl methyl sites for hydroxylation is 1. The first-order valence-electron chi connectivity index (χ1n) is 6.19. The van der Waals surface area contributed by atoms with Gasteiger partial charge in [0, 0.05) is 0 Å². The molecule has 0 aliphatic carbocycles. The van der Waals surface area contributed by atoms with Crippen molar-refractivity contribution < 1.29 is 44.6 Å². The molecule has 0 atom stereocenters. The van der Waals surface area contributed by atoms with Crippen molar-refractivity contribution in [2.75, 3.05) is 0 Å². The minimum atomic E-state index is -1.14. The van der Waals surface area contributed by atoms with Crippen molar-refractivity contribution >= 4 is 5.97 Å². The Morgan fingerprint density at radius 3 is 2.50 bits per heavy atom. The molecule has 0 radical (unpaired) electrons. The number of rotatable bonds is 7. The summed E-state index contributed by atoms with van der Waals surface area (Å²) < 4.78 is 0. The number of hydrogen-bond acceptors (Lipinski definition) is 2.